The number of carbonyl (C=O) groups excluding carboxylic acids is 1. The minimum absolute atomic E-state index is 0.0952. The van der Waals surface area contributed by atoms with Gasteiger partial charge in [-0.25, -0.2) is 0 Å². The van der Waals surface area contributed by atoms with Gasteiger partial charge in [-0.1, -0.05) is 18.2 Å². The molecule has 0 spiro atoms. The zero-order chi connectivity index (χ0) is 15.5. The summed E-state index contributed by atoms with van der Waals surface area (Å²) in [6, 6.07) is 7.37. The molecule has 0 bridgehead atoms. The van der Waals surface area contributed by atoms with Crippen LogP contribution >= 0.6 is 0 Å². The minimum atomic E-state index is -1.07. The van der Waals surface area contributed by atoms with E-state index in [4.69, 9.17) is 15.6 Å². The van der Waals surface area contributed by atoms with Crippen LogP contribution in [0.2, 0.25) is 0 Å². The molecule has 1 aromatic carbocycles. The van der Waals surface area contributed by atoms with E-state index in [-0.39, 0.29) is 25.5 Å². The van der Waals surface area contributed by atoms with Crippen LogP contribution in [0.15, 0.2) is 24.3 Å². The first-order valence-corrected chi connectivity index (χ1v) is 6.90. The number of para-hydroxylation sites is 1. The third-order valence-electron chi connectivity index (χ3n) is 3.68. The molecular formula is C15H20N2O4. The van der Waals surface area contributed by atoms with Crippen LogP contribution in [0.4, 0.5) is 5.69 Å². The maximum absolute atomic E-state index is 12.8. The number of carboxylic acids is 1. The van der Waals surface area contributed by atoms with Gasteiger partial charge in [0.05, 0.1) is 13.0 Å². The molecule has 0 aromatic heterocycles. The number of aryl methyl sites for hydroxylation is 1. The first-order valence-electron chi connectivity index (χ1n) is 6.90. The summed E-state index contributed by atoms with van der Waals surface area (Å²) in [6.45, 7) is 2.59. The van der Waals surface area contributed by atoms with Crippen molar-refractivity contribution in [2.45, 2.75) is 25.3 Å². The normalized spacial score (nSPS) is 21.2. The number of nitrogens with two attached hydrogens (primary N) is 1. The Morgan fingerprint density at radius 1 is 1.43 bits per heavy atom. The van der Waals surface area contributed by atoms with E-state index in [1.54, 1.807) is 6.07 Å². The summed E-state index contributed by atoms with van der Waals surface area (Å²) in [7, 11) is 0. The van der Waals surface area contributed by atoms with Crippen molar-refractivity contribution in [2.24, 2.45) is 5.73 Å². The molecular weight excluding hydrogens is 272 g/mol. The van der Waals surface area contributed by atoms with Crippen LogP contribution in [-0.4, -0.2) is 42.3 Å². The van der Waals surface area contributed by atoms with Crippen LogP contribution in [0.3, 0.4) is 0 Å². The average Bonchev–Trinajstić information content (AvgIpc) is 2.88. The third kappa shape index (κ3) is 3.40. The molecule has 1 amide bonds. The molecule has 0 saturated carbocycles. The fourth-order valence-electron chi connectivity index (χ4n) is 2.42. The van der Waals surface area contributed by atoms with Crippen molar-refractivity contribution in [3.05, 3.63) is 29.8 Å². The number of hydrogen-bond donors (Lipinski definition) is 2. The second-order valence-electron chi connectivity index (χ2n) is 5.35. The molecule has 1 fully saturated rings. The number of anilines is 1. The Kier molecular flexibility index (Phi) is 4.59. The van der Waals surface area contributed by atoms with Gasteiger partial charge in [-0.15, -0.1) is 0 Å². The zero-order valence-corrected chi connectivity index (χ0v) is 12.0. The number of carbonyl (C=O) groups is 2. The topological polar surface area (TPSA) is 92.9 Å². The van der Waals surface area contributed by atoms with Crippen molar-refractivity contribution in [3.63, 3.8) is 0 Å². The van der Waals surface area contributed by atoms with Crippen LogP contribution in [0, 0.1) is 6.92 Å². The molecule has 114 valence electrons. The molecule has 1 unspecified atom stereocenters. The van der Waals surface area contributed by atoms with Crippen LogP contribution in [0.25, 0.3) is 0 Å². The lowest BCUT2D eigenvalue weighted by Gasteiger charge is -2.31. The molecule has 1 aliphatic heterocycles. The van der Waals surface area contributed by atoms with Gasteiger partial charge in [-0.3, -0.25) is 9.59 Å². The van der Waals surface area contributed by atoms with Gasteiger partial charge in [-0.05, 0) is 25.0 Å². The van der Waals surface area contributed by atoms with Crippen molar-refractivity contribution >= 4 is 17.6 Å². The number of amides is 1. The molecule has 1 aliphatic rings. The Balaban J connectivity index is 2.29. The summed E-state index contributed by atoms with van der Waals surface area (Å²) in [4.78, 5) is 25.1. The van der Waals surface area contributed by atoms with E-state index in [2.05, 4.69) is 0 Å². The van der Waals surface area contributed by atoms with E-state index in [0.29, 0.717) is 18.7 Å². The van der Waals surface area contributed by atoms with Crippen LogP contribution in [0.1, 0.15) is 18.4 Å². The zero-order valence-electron chi connectivity index (χ0n) is 12.0. The molecule has 0 aliphatic carbocycles. The molecule has 2 rings (SSSR count). The van der Waals surface area contributed by atoms with Crippen LogP contribution < -0.4 is 10.6 Å². The van der Waals surface area contributed by atoms with Crippen molar-refractivity contribution in [1.82, 2.24) is 0 Å². The minimum Gasteiger partial charge on any atom is -0.481 e. The third-order valence-corrected chi connectivity index (χ3v) is 3.68. The first-order chi connectivity index (χ1) is 9.94. The molecule has 21 heavy (non-hydrogen) atoms. The Labute approximate surface area is 123 Å². The fraction of sp³-hybridized carbons (Fsp3) is 0.467. The molecule has 0 radical (unpaired) electrons. The van der Waals surface area contributed by atoms with E-state index in [0.717, 1.165) is 5.56 Å². The molecule has 1 atom stereocenters. The van der Waals surface area contributed by atoms with E-state index in [9.17, 15) is 9.59 Å². The van der Waals surface area contributed by atoms with Crippen LogP contribution in [0.5, 0.6) is 0 Å². The number of aliphatic carboxylic acids is 1. The Morgan fingerprint density at radius 3 is 2.71 bits per heavy atom. The van der Waals surface area contributed by atoms with Gasteiger partial charge in [-0.2, -0.15) is 0 Å². The number of benzene rings is 1. The molecule has 1 aromatic rings. The number of nitrogens with zero attached hydrogens (tertiary/aromatic N) is 1. The van der Waals surface area contributed by atoms with E-state index >= 15 is 0 Å². The van der Waals surface area contributed by atoms with Gasteiger partial charge in [0.2, 0.25) is 5.91 Å². The lowest BCUT2D eigenvalue weighted by atomic mass is 9.97. The van der Waals surface area contributed by atoms with Gasteiger partial charge in [0.25, 0.3) is 0 Å². The van der Waals surface area contributed by atoms with Gasteiger partial charge in [0.15, 0.2) is 0 Å². The highest BCUT2D eigenvalue weighted by atomic mass is 16.5. The summed E-state index contributed by atoms with van der Waals surface area (Å²) in [5.74, 6) is -1.23. The van der Waals surface area contributed by atoms with E-state index < -0.39 is 11.5 Å². The average molecular weight is 292 g/mol. The summed E-state index contributed by atoms with van der Waals surface area (Å²) >= 11 is 0. The highest BCUT2D eigenvalue weighted by molar-refractivity contribution is 6.01. The fourth-order valence-corrected chi connectivity index (χ4v) is 2.42. The van der Waals surface area contributed by atoms with Crippen molar-refractivity contribution in [3.8, 4) is 0 Å². The number of ether oxygens (including phenoxy) is 1. The number of carboxylic acid groups (broad SMARTS) is 1. The summed E-state index contributed by atoms with van der Waals surface area (Å²) < 4.78 is 5.23. The molecule has 1 saturated heterocycles. The summed E-state index contributed by atoms with van der Waals surface area (Å²) in [6.07, 6.45) is 0.318. The van der Waals surface area contributed by atoms with Crippen molar-refractivity contribution < 1.29 is 19.4 Å². The monoisotopic (exact) mass is 292 g/mol. The Hall–Kier alpha value is -1.92. The molecule has 1 heterocycles. The lowest BCUT2D eigenvalue weighted by Crippen LogP contribution is -2.56. The SMILES string of the molecule is Cc1ccccc1N(CCC(=O)O)C(=O)C1(N)CCOC1. The van der Waals surface area contributed by atoms with Gasteiger partial charge in [0.1, 0.15) is 5.54 Å². The van der Waals surface area contributed by atoms with Crippen LogP contribution in [-0.2, 0) is 14.3 Å². The summed E-state index contributed by atoms with van der Waals surface area (Å²) in [5, 5.41) is 8.90. The maximum Gasteiger partial charge on any atom is 0.305 e. The van der Waals surface area contributed by atoms with Gasteiger partial charge in [0, 0.05) is 18.8 Å². The standard InChI is InChI=1S/C15H20N2O4/c1-11-4-2-3-5-12(11)17(8-6-13(18)19)14(20)15(16)7-9-21-10-15/h2-5H,6-10,16H2,1H3,(H,18,19). The quantitative estimate of drug-likeness (QED) is 0.842. The lowest BCUT2D eigenvalue weighted by molar-refractivity contribution is -0.136. The van der Waals surface area contributed by atoms with E-state index in [1.165, 1.54) is 4.90 Å². The van der Waals surface area contributed by atoms with Crippen molar-refractivity contribution in [1.29, 1.82) is 0 Å². The Bertz CT molecular complexity index is 538. The largest absolute Gasteiger partial charge is 0.481 e. The molecule has 6 heteroatoms. The maximum atomic E-state index is 12.8. The number of rotatable bonds is 5. The highest BCUT2D eigenvalue weighted by Crippen LogP contribution is 2.25. The smallest absolute Gasteiger partial charge is 0.305 e. The molecule has 6 nitrogen and oxygen atoms in total. The summed E-state index contributed by atoms with van der Waals surface area (Å²) in [5.41, 5.74) is 6.66. The predicted octanol–water partition coefficient (Wildman–Crippen LogP) is 0.921. The van der Waals surface area contributed by atoms with Gasteiger partial charge < -0.3 is 20.5 Å². The Morgan fingerprint density at radius 2 is 2.14 bits per heavy atom. The first kappa shape index (κ1) is 15.5. The second kappa shape index (κ2) is 6.24. The van der Waals surface area contributed by atoms with Crippen molar-refractivity contribution in [2.75, 3.05) is 24.7 Å². The van der Waals surface area contributed by atoms with E-state index in [1.807, 2.05) is 25.1 Å². The number of hydrogen-bond acceptors (Lipinski definition) is 4. The second-order valence-corrected chi connectivity index (χ2v) is 5.35. The predicted molar refractivity (Wildman–Crippen MR) is 78.1 cm³/mol. The molecule has 3 N–H and O–H groups in total. The van der Waals surface area contributed by atoms with Gasteiger partial charge >= 0.3 is 5.97 Å². The highest BCUT2D eigenvalue weighted by Gasteiger charge is 2.41.